The van der Waals surface area contributed by atoms with Gasteiger partial charge in [0.2, 0.25) is 5.95 Å². The summed E-state index contributed by atoms with van der Waals surface area (Å²) in [6, 6.07) is 2.14. The molecule has 2 atom stereocenters. The number of hydrogen-bond donors (Lipinski definition) is 3. The average molecular weight is 298 g/mol. The second-order valence-corrected chi connectivity index (χ2v) is 6.15. The second kappa shape index (κ2) is 6.40. The molecule has 2 aromatic heterocycles. The van der Waals surface area contributed by atoms with E-state index in [4.69, 9.17) is 0 Å². The monoisotopic (exact) mass is 298 g/mol. The lowest BCUT2D eigenvalue weighted by molar-refractivity contribution is 0.288. The van der Waals surface area contributed by atoms with Crippen molar-refractivity contribution < 1.29 is 5.11 Å². The predicted octanol–water partition coefficient (Wildman–Crippen LogP) is 2.26. The highest BCUT2D eigenvalue weighted by molar-refractivity contribution is 7.99. The van der Waals surface area contributed by atoms with Crippen molar-refractivity contribution in [1.29, 1.82) is 0 Å². The molecule has 19 heavy (non-hydrogen) atoms. The van der Waals surface area contributed by atoms with E-state index < -0.39 is 0 Å². The number of aromatic nitrogens is 2. The summed E-state index contributed by atoms with van der Waals surface area (Å²) in [6.07, 6.45) is 2.00. The Morgan fingerprint density at radius 2 is 2.26 bits per heavy atom. The van der Waals surface area contributed by atoms with Crippen LogP contribution >= 0.6 is 23.1 Å². The third-order valence-corrected chi connectivity index (χ3v) is 4.92. The number of thioether (sulfide) groups is 1. The second-order valence-electron chi connectivity index (χ2n) is 4.17. The van der Waals surface area contributed by atoms with Crippen LogP contribution in [0.15, 0.2) is 11.4 Å². The van der Waals surface area contributed by atoms with Gasteiger partial charge < -0.3 is 15.7 Å². The molecular weight excluding hydrogens is 280 g/mol. The Morgan fingerprint density at radius 3 is 2.89 bits per heavy atom. The zero-order valence-electron chi connectivity index (χ0n) is 11.2. The Labute approximate surface area is 120 Å². The lowest BCUT2D eigenvalue weighted by Crippen LogP contribution is -2.31. The van der Waals surface area contributed by atoms with E-state index in [9.17, 15) is 5.11 Å². The number of hydrogen-bond acceptors (Lipinski definition) is 7. The van der Waals surface area contributed by atoms with Gasteiger partial charge in [-0.1, -0.05) is 0 Å². The largest absolute Gasteiger partial charge is 0.395 e. The third-order valence-electron chi connectivity index (χ3n) is 2.95. The highest BCUT2D eigenvalue weighted by Gasteiger charge is 2.17. The van der Waals surface area contributed by atoms with Gasteiger partial charge in [-0.2, -0.15) is 16.7 Å². The Hall–Kier alpha value is -1.05. The van der Waals surface area contributed by atoms with Crippen molar-refractivity contribution in [1.82, 2.24) is 9.97 Å². The molecule has 2 aromatic rings. The van der Waals surface area contributed by atoms with Crippen LogP contribution in [0.2, 0.25) is 0 Å². The first-order valence-corrected chi connectivity index (χ1v) is 8.19. The first-order chi connectivity index (χ1) is 9.19. The molecule has 2 heterocycles. The van der Waals surface area contributed by atoms with E-state index in [0.717, 1.165) is 16.0 Å². The molecule has 0 aliphatic heterocycles. The summed E-state index contributed by atoms with van der Waals surface area (Å²) >= 11 is 3.24. The molecule has 0 fully saturated rings. The lowest BCUT2D eigenvalue weighted by Gasteiger charge is -2.22. The quantitative estimate of drug-likeness (QED) is 0.760. The molecule has 5 nitrogen and oxygen atoms in total. The molecule has 0 aliphatic carbocycles. The summed E-state index contributed by atoms with van der Waals surface area (Å²) in [7, 11) is 1.81. The number of anilines is 2. The molecule has 0 saturated heterocycles. The molecule has 0 spiro atoms. The molecule has 0 saturated carbocycles. The number of fused-ring (bicyclic) bond motifs is 1. The third kappa shape index (κ3) is 3.10. The minimum Gasteiger partial charge on any atom is -0.395 e. The van der Waals surface area contributed by atoms with E-state index in [1.54, 1.807) is 30.1 Å². The Kier molecular flexibility index (Phi) is 4.84. The minimum absolute atomic E-state index is 0.128. The number of rotatable bonds is 6. The number of aliphatic hydroxyl groups is 1. The molecule has 104 valence electrons. The predicted molar refractivity (Wildman–Crippen MR) is 84.4 cm³/mol. The average Bonchev–Trinajstić information content (AvgIpc) is 2.88. The van der Waals surface area contributed by atoms with Crippen LogP contribution in [0.4, 0.5) is 11.8 Å². The summed E-state index contributed by atoms with van der Waals surface area (Å²) < 4.78 is 0. The van der Waals surface area contributed by atoms with Crippen molar-refractivity contribution >= 4 is 45.1 Å². The maximum Gasteiger partial charge on any atom is 0.225 e. The highest BCUT2D eigenvalue weighted by atomic mass is 32.2. The fourth-order valence-electron chi connectivity index (χ4n) is 1.82. The summed E-state index contributed by atoms with van der Waals surface area (Å²) in [6.45, 7) is 2.20. The smallest absolute Gasteiger partial charge is 0.225 e. The van der Waals surface area contributed by atoms with Crippen molar-refractivity contribution in [2.75, 3.05) is 30.5 Å². The standard InChI is InChI=1S/C12H18N4OS2/c1-7(9(6-17)18-3)14-10-8-4-5-19-11(8)16-12(13-2)15-10/h4-5,7,9,17H,6H2,1-3H3,(H2,13,14,15,16). The molecule has 2 unspecified atom stereocenters. The number of aliphatic hydroxyl groups excluding tert-OH is 1. The van der Waals surface area contributed by atoms with E-state index in [1.807, 2.05) is 17.7 Å². The number of thiophene rings is 1. The normalized spacial score (nSPS) is 14.3. The van der Waals surface area contributed by atoms with Crippen LogP contribution in [0, 0.1) is 0 Å². The van der Waals surface area contributed by atoms with Crippen LogP contribution < -0.4 is 10.6 Å². The Bertz CT molecular complexity index is 542. The minimum atomic E-state index is 0.128. The van der Waals surface area contributed by atoms with E-state index in [2.05, 4.69) is 27.5 Å². The molecule has 0 bridgehead atoms. The Balaban J connectivity index is 2.30. The molecule has 0 aliphatic rings. The lowest BCUT2D eigenvalue weighted by atomic mass is 10.2. The van der Waals surface area contributed by atoms with Crippen molar-refractivity contribution in [3.63, 3.8) is 0 Å². The van der Waals surface area contributed by atoms with Gasteiger partial charge in [0.1, 0.15) is 10.6 Å². The number of nitrogens with one attached hydrogen (secondary N) is 2. The van der Waals surface area contributed by atoms with Crippen molar-refractivity contribution in [2.24, 2.45) is 0 Å². The molecule has 7 heteroatoms. The van der Waals surface area contributed by atoms with Crippen molar-refractivity contribution in [3.05, 3.63) is 11.4 Å². The van der Waals surface area contributed by atoms with Gasteiger partial charge in [0, 0.05) is 18.3 Å². The van der Waals surface area contributed by atoms with Gasteiger partial charge in [0.05, 0.1) is 12.0 Å². The van der Waals surface area contributed by atoms with Gasteiger partial charge in [-0.15, -0.1) is 11.3 Å². The van der Waals surface area contributed by atoms with Gasteiger partial charge >= 0.3 is 0 Å². The van der Waals surface area contributed by atoms with E-state index in [1.165, 1.54) is 0 Å². The maximum atomic E-state index is 9.34. The molecule has 3 N–H and O–H groups in total. The first kappa shape index (κ1) is 14.4. The SMILES string of the molecule is CNc1nc(NC(C)C(CO)SC)c2ccsc2n1. The van der Waals surface area contributed by atoms with Crippen LogP contribution in [0.3, 0.4) is 0 Å². The van der Waals surface area contributed by atoms with Gasteiger partial charge in [0.15, 0.2) is 0 Å². The fraction of sp³-hybridized carbons (Fsp3) is 0.500. The molecule has 0 radical (unpaired) electrons. The molecular formula is C12H18N4OS2. The zero-order valence-corrected chi connectivity index (χ0v) is 12.8. The van der Waals surface area contributed by atoms with Crippen molar-refractivity contribution in [2.45, 2.75) is 18.2 Å². The summed E-state index contributed by atoms with van der Waals surface area (Å²) in [5.74, 6) is 1.42. The van der Waals surface area contributed by atoms with E-state index >= 15 is 0 Å². The summed E-state index contributed by atoms with van der Waals surface area (Å²) in [5.41, 5.74) is 0. The van der Waals surface area contributed by atoms with Crippen LogP contribution in [0.5, 0.6) is 0 Å². The molecule has 2 rings (SSSR count). The topological polar surface area (TPSA) is 70.1 Å². The fourth-order valence-corrected chi connectivity index (χ4v) is 3.21. The van der Waals surface area contributed by atoms with E-state index in [0.29, 0.717) is 5.95 Å². The van der Waals surface area contributed by atoms with Gasteiger partial charge in [-0.3, -0.25) is 0 Å². The molecule has 0 aromatic carbocycles. The first-order valence-electron chi connectivity index (χ1n) is 6.02. The van der Waals surface area contributed by atoms with Crippen LogP contribution in [-0.2, 0) is 0 Å². The van der Waals surface area contributed by atoms with Crippen LogP contribution in [-0.4, -0.2) is 46.3 Å². The van der Waals surface area contributed by atoms with E-state index in [-0.39, 0.29) is 17.9 Å². The van der Waals surface area contributed by atoms with Crippen LogP contribution in [0.1, 0.15) is 6.92 Å². The van der Waals surface area contributed by atoms with Crippen molar-refractivity contribution in [3.8, 4) is 0 Å². The zero-order chi connectivity index (χ0) is 13.8. The van der Waals surface area contributed by atoms with Gasteiger partial charge in [0.25, 0.3) is 0 Å². The number of nitrogens with zero attached hydrogens (tertiary/aromatic N) is 2. The van der Waals surface area contributed by atoms with Gasteiger partial charge in [-0.05, 0) is 24.6 Å². The summed E-state index contributed by atoms with van der Waals surface area (Å²) in [5, 5.41) is 18.9. The van der Waals surface area contributed by atoms with Crippen LogP contribution in [0.25, 0.3) is 10.2 Å². The maximum absolute atomic E-state index is 9.34. The summed E-state index contributed by atoms with van der Waals surface area (Å²) in [4.78, 5) is 9.83. The highest BCUT2D eigenvalue weighted by Crippen LogP contribution is 2.27. The molecule has 0 amide bonds. The van der Waals surface area contributed by atoms with Gasteiger partial charge in [-0.25, -0.2) is 4.98 Å². The Morgan fingerprint density at radius 1 is 1.47 bits per heavy atom.